The Bertz CT molecular complexity index is 2910. The molecule has 0 atom stereocenters. The zero-order valence-electron chi connectivity index (χ0n) is 29.9. The normalized spacial score (nSPS) is 11.3. The van der Waals surface area contributed by atoms with Crippen LogP contribution in [0.5, 0.6) is 0 Å². The van der Waals surface area contributed by atoms with E-state index in [1.165, 1.54) is 11.1 Å². The van der Waals surface area contributed by atoms with E-state index < -0.39 is 0 Å². The van der Waals surface area contributed by atoms with Gasteiger partial charge in [0.2, 0.25) is 0 Å². The van der Waals surface area contributed by atoms with Crippen molar-refractivity contribution in [2.45, 2.75) is 0 Å². The van der Waals surface area contributed by atoms with E-state index >= 15 is 0 Å². The molecule has 0 saturated heterocycles. The minimum atomic E-state index is 0.688. The maximum atomic E-state index is 6.23. The van der Waals surface area contributed by atoms with E-state index in [9.17, 15) is 0 Å². The smallest absolute Gasteiger partial charge is 0.160 e. The predicted molar refractivity (Wildman–Crippen MR) is 227 cm³/mol. The minimum Gasteiger partial charge on any atom is -0.456 e. The molecule has 3 heteroatoms. The van der Waals surface area contributed by atoms with Gasteiger partial charge in [-0.3, -0.25) is 0 Å². The molecule has 0 fully saturated rings. The van der Waals surface area contributed by atoms with Gasteiger partial charge in [-0.2, -0.15) is 0 Å². The fourth-order valence-electron chi connectivity index (χ4n) is 7.55. The lowest BCUT2D eigenvalue weighted by Crippen LogP contribution is -1.96. The van der Waals surface area contributed by atoms with Gasteiger partial charge in [-0.05, 0) is 93.0 Å². The first kappa shape index (κ1) is 32.3. The Morgan fingerprint density at radius 3 is 1.55 bits per heavy atom. The average molecular weight is 703 g/mol. The molecule has 0 spiro atoms. The zero-order valence-corrected chi connectivity index (χ0v) is 29.9. The van der Waals surface area contributed by atoms with Crippen molar-refractivity contribution in [1.29, 1.82) is 0 Å². The molecule has 2 heterocycles. The molecule has 0 saturated carbocycles. The van der Waals surface area contributed by atoms with Crippen molar-refractivity contribution < 1.29 is 4.42 Å². The molecule has 3 nitrogen and oxygen atoms in total. The van der Waals surface area contributed by atoms with Crippen LogP contribution >= 0.6 is 0 Å². The number of benzene rings is 8. The van der Waals surface area contributed by atoms with Crippen molar-refractivity contribution in [3.63, 3.8) is 0 Å². The van der Waals surface area contributed by atoms with Crippen molar-refractivity contribution >= 4 is 21.9 Å². The van der Waals surface area contributed by atoms with Gasteiger partial charge in [-0.1, -0.05) is 158 Å². The van der Waals surface area contributed by atoms with Gasteiger partial charge in [0.05, 0.1) is 11.4 Å². The van der Waals surface area contributed by atoms with Crippen LogP contribution in [0.3, 0.4) is 0 Å². The molecule has 0 unspecified atom stereocenters. The van der Waals surface area contributed by atoms with Crippen LogP contribution in [-0.2, 0) is 0 Å². The number of hydrogen-bond acceptors (Lipinski definition) is 3. The Morgan fingerprint density at radius 1 is 0.273 bits per heavy atom. The van der Waals surface area contributed by atoms with Gasteiger partial charge < -0.3 is 4.42 Å². The van der Waals surface area contributed by atoms with Gasteiger partial charge in [0.1, 0.15) is 11.2 Å². The third-order valence-corrected chi connectivity index (χ3v) is 10.3. The number of fused-ring (bicyclic) bond motifs is 3. The van der Waals surface area contributed by atoms with Crippen LogP contribution < -0.4 is 0 Å². The maximum absolute atomic E-state index is 6.23. The minimum absolute atomic E-state index is 0.688. The second-order valence-electron chi connectivity index (χ2n) is 13.8. The molecule has 0 radical (unpaired) electrons. The van der Waals surface area contributed by atoms with E-state index in [0.29, 0.717) is 5.82 Å². The molecule has 10 rings (SSSR count). The van der Waals surface area contributed by atoms with E-state index in [0.717, 1.165) is 83.4 Å². The van der Waals surface area contributed by atoms with E-state index in [1.807, 2.05) is 36.4 Å². The SMILES string of the molecule is c1ccc(-c2cccc(-c3ccccc3-c3cc(-c4ccc5oc6ccccc6c5c4)cc(-c4cc(-c5ccccc5)nc(-c5ccccc5)n4)c3)c2)cc1. The molecule has 0 aliphatic rings. The summed E-state index contributed by atoms with van der Waals surface area (Å²) < 4.78 is 6.23. The quantitative estimate of drug-likeness (QED) is 0.166. The third kappa shape index (κ3) is 6.28. The molecule has 0 amide bonds. The van der Waals surface area contributed by atoms with Crippen LogP contribution in [-0.4, -0.2) is 9.97 Å². The largest absolute Gasteiger partial charge is 0.456 e. The van der Waals surface area contributed by atoms with Crippen LogP contribution in [0.25, 0.3) is 100 Å². The molecular weight excluding hydrogens is 669 g/mol. The topological polar surface area (TPSA) is 38.9 Å². The molecule has 0 aliphatic carbocycles. The van der Waals surface area contributed by atoms with Crippen LogP contribution in [0.15, 0.2) is 211 Å². The number of para-hydroxylation sites is 1. The zero-order chi connectivity index (χ0) is 36.6. The summed E-state index contributed by atoms with van der Waals surface area (Å²) in [6, 6.07) is 72.4. The maximum Gasteiger partial charge on any atom is 0.160 e. The van der Waals surface area contributed by atoms with Crippen molar-refractivity contribution in [2.75, 3.05) is 0 Å². The highest BCUT2D eigenvalue weighted by Gasteiger charge is 2.17. The molecule has 0 aliphatic heterocycles. The second kappa shape index (κ2) is 13.9. The lowest BCUT2D eigenvalue weighted by atomic mass is 9.89. The van der Waals surface area contributed by atoms with Crippen LogP contribution in [0, 0.1) is 0 Å². The highest BCUT2D eigenvalue weighted by Crippen LogP contribution is 2.40. The fourth-order valence-corrected chi connectivity index (χ4v) is 7.55. The summed E-state index contributed by atoms with van der Waals surface area (Å²) in [4.78, 5) is 10.3. The summed E-state index contributed by atoms with van der Waals surface area (Å²) in [5.41, 5.74) is 15.7. The number of furan rings is 1. The Hall–Kier alpha value is -7.36. The van der Waals surface area contributed by atoms with Crippen molar-refractivity contribution in [3.05, 3.63) is 206 Å². The molecule has 2 aromatic heterocycles. The first-order valence-electron chi connectivity index (χ1n) is 18.6. The van der Waals surface area contributed by atoms with E-state index in [1.54, 1.807) is 0 Å². The lowest BCUT2D eigenvalue weighted by Gasteiger charge is -2.16. The molecule has 0 N–H and O–H groups in total. The summed E-state index contributed by atoms with van der Waals surface area (Å²) >= 11 is 0. The number of aromatic nitrogens is 2. The Labute approximate surface area is 319 Å². The standard InChI is InChI=1S/C52H34N2O/c1-4-15-35(16-5-1)38-21-14-22-40(29-38)44-23-10-11-24-45(44)42-30-41(39-27-28-51-47(33-39)46-25-12-13-26-50(46)55-51)31-43(32-42)49-34-48(36-17-6-2-7-18-36)53-52(54-49)37-19-8-3-9-20-37/h1-34H. The third-order valence-electron chi connectivity index (χ3n) is 10.3. The fraction of sp³-hybridized carbons (Fsp3) is 0. The van der Waals surface area contributed by atoms with Crippen molar-refractivity contribution in [1.82, 2.24) is 9.97 Å². The summed E-state index contributed by atoms with van der Waals surface area (Å²) in [7, 11) is 0. The lowest BCUT2D eigenvalue weighted by molar-refractivity contribution is 0.669. The highest BCUT2D eigenvalue weighted by molar-refractivity contribution is 6.06. The second-order valence-corrected chi connectivity index (χ2v) is 13.8. The molecule has 8 aromatic carbocycles. The van der Waals surface area contributed by atoms with E-state index in [4.69, 9.17) is 14.4 Å². The van der Waals surface area contributed by atoms with E-state index in [-0.39, 0.29) is 0 Å². The van der Waals surface area contributed by atoms with Crippen LogP contribution in [0.1, 0.15) is 0 Å². The Kier molecular flexibility index (Phi) is 8.16. The average Bonchev–Trinajstić information content (AvgIpc) is 3.65. The molecule has 10 aromatic rings. The monoisotopic (exact) mass is 702 g/mol. The molecular formula is C52H34N2O. The predicted octanol–water partition coefficient (Wildman–Crippen LogP) is 14.0. The van der Waals surface area contributed by atoms with Gasteiger partial charge in [0.25, 0.3) is 0 Å². The molecule has 0 bridgehead atoms. The highest BCUT2D eigenvalue weighted by atomic mass is 16.3. The number of nitrogens with zero attached hydrogens (tertiary/aromatic N) is 2. The Morgan fingerprint density at radius 2 is 0.782 bits per heavy atom. The number of hydrogen-bond donors (Lipinski definition) is 0. The summed E-state index contributed by atoms with van der Waals surface area (Å²) in [5.74, 6) is 0.688. The summed E-state index contributed by atoms with van der Waals surface area (Å²) in [6.45, 7) is 0. The van der Waals surface area contributed by atoms with Gasteiger partial charge in [-0.15, -0.1) is 0 Å². The van der Waals surface area contributed by atoms with Gasteiger partial charge in [0, 0.05) is 27.5 Å². The van der Waals surface area contributed by atoms with Crippen molar-refractivity contribution in [3.8, 4) is 78.4 Å². The van der Waals surface area contributed by atoms with Crippen LogP contribution in [0.2, 0.25) is 0 Å². The Balaban J connectivity index is 1.20. The van der Waals surface area contributed by atoms with Gasteiger partial charge in [0.15, 0.2) is 5.82 Å². The van der Waals surface area contributed by atoms with Gasteiger partial charge >= 0.3 is 0 Å². The van der Waals surface area contributed by atoms with Crippen molar-refractivity contribution in [2.24, 2.45) is 0 Å². The molecule has 55 heavy (non-hydrogen) atoms. The van der Waals surface area contributed by atoms with Crippen LogP contribution in [0.4, 0.5) is 0 Å². The van der Waals surface area contributed by atoms with E-state index in [2.05, 4.69) is 170 Å². The summed E-state index contributed by atoms with van der Waals surface area (Å²) in [6.07, 6.45) is 0. The van der Waals surface area contributed by atoms with Gasteiger partial charge in [-0.25, -0.2) is 9.97 Å². The number of rotatable bonds is 7. The summed E-state index contributed by atoms with van der Waals surface area (Å²) in [5, 5.41) is 2.20. The first-order valence-corrected chi connectivity index (χ1v) is 18.6. The molecule has 258 valence electrons. The first-order chi connectivity index (χ1) is 27.2.